The second-order valence-corrected chi connectivity index (χ2v) is 9.98. The van der Waals surface area contributed by atoms with Crippen molar-refractivity contribution >= 4 is 43.1 Å². The Labute approximate surface area is 201 Å². The monoisotopic (exact) mass is 450 g/mol. The van der Waals surface area contributed by atoms with Crippen LogP contribution in [0, 0.1) is 0 Å². The van der Waals surface area contributed by atoms with E-state index in [4.69, 9.17) is 0 Å². The van der Waals surface area contributed by atoms with Crippen LogP contribution in [0.3, 0.4) is 0 Å². The van der Waals surface area contributed by atoms with Gasteiger partial charge in [-0.2, -0.15) is 0 Å². The van der Waals surface area contributed by atoms with Gasteiger partial charge in [0.25, 0.3) is 0 Å². The predicted octanol–water partition coefficient (Wildman–Crippen LogP) is 8.14. The number of benzene rings is 3. The quantitative estimate of drug-likeness (QED) is 0.201. The zero-order chi connectivity index (χ0) is 23.7. The maximum Gasteiger partial charge on any atom is 0.194 e. The van der Waals surface area contributed by atoms with Crippen molar-refractivity contribution in [3.05, 3.63) is 80.1 Å². The lowest BCUT2D eigenvalue weighted by Gasteiger charge is -2.02. The molecule has 174 valence electrons. The zero-order valence-corrected chi connectivity index (χ0v) is 20.5. The van der Waals surface area contributed by atoms with Gasteiger partial charge in [0.2, 0.25) is 0 Å². The molecule has 0 amide bonds. The first-order chi connectivity index (χ1) is 16.6. The van der Waals surface area contributed by atoms with Crippen molar-refractivity contribution in [2.75, 3.05) is 0 Å². The number of rotatable bonds is 10. The lowest BCUT2D eigenvalue weighted by atomic mass is 10.0. The second-order valence-electron chi connectivity index (χ2n) is 9.98. The van der Waals surface area contributed by atoms with Crippen molar-refractivity contribution in [2.24, 2.45) is 0 Å². The molecule has 0 heterocycles. The highest BCUT2D eigenvalue weighted by molar-refractivity contribution is 6.21. The summed E-state index contributed by atoms with van der Waals surface area (Å²) in [7, 11) is 0. The summed E-state index contributed by atoms with van der Waals surface area (Å²) in [6.45, 7) is 4.44. The van der Waals surface area contributed by atoms with Crippen molar-refractivity contribution in [3.63, 3.8) is 0 Å². The van der Waals surface area contributed by atoms with Crippen LogP contribution in [0.15, 0.2) is 58.1 Å². The van der Waals surface area contributed by atoms with Crippen LogP contribution < -0.4 is 10.9 Å². The van der Waals surface area contributed by atoms with Gasteiger partial charge in [-0.1, -0.05) is 76.6 Å². The fraction of sp³-hybridized carbons (Fsp3) is 0.375. The molecule has 0 aliphatic heterocycles. The van der Waals surface area contributed by atoms with E-state index in [1.807, 2.05) is 12.1 Å². The number of fused-ring (bicyclic) bond motifs is 6. The van der Waals surface area contributed by atoms with Crippen molar-refractivity contribution in [1.82, 2.24) is 0 Å². The fourth-order valence-electron chi connectivity index (χ4n) is 5.56. The molecule has 5 aromatic carbocycles. The van der Waals surface area contributed by atoms with E-state index in [0.717, 1.165) is 68.8 Å². The average Bonchev–Trinajstić information content (AvgIpc) is 3.29. The molecule has 0 aliphatic rings. The molecule has 0 saturated heterocycles. The summed E-state index contributed by atoms with van der Waals surface area (Å²) in [5.74, 6) is 0. The van der Waals surface area contributed by atoms with Crippen LogP contribution in [0.5, 0.6) is 0 Å². The van der Waals surface area contributed by atoms with Crippen molar-refractivity contribution in [2.45, 2.75) is 78.1 Å². The molecule has 0 unspecified atom stereocenters. The van der Waals surface area contributed by atoms with Gasteiger partial charge < -0.3 is 0 Å². The van der Waals surface area contributed by atoms with E-state index < -0.39 is 0 Å². The molecule has 2 nitrogen and oxygen atoms in total. The van der Waals surface area contributed by atoms with E-state index >= 15 is 0 Å². The Kier molecular flexibility index (Phi) is 6.50. The Hall–Kier alpha value is -3.00. The Morgan fingerprint density at radius 2 is 0.853 bits per heavy atom. The highest BCUT2D eigenvalue weighted by atomic mass is 16.1. The SMILES string of the molecule is CCCCCCc1ccc2c(c1)c(=O)c1cc3c(cc12)c(=O)c1cc(CCCCCC)ccc13. The van der Waals surface area contributed by atoms with Crippen LogP contribution in [-0.2, 0) is 12.8 Å². The Morgan fingerprint density at radius 1 is 0.441 bits per heavy atom. The lowest BCUT2D eigenvalue weighted by Crippen LogP contribution is -1.96. The highest BCUT2D eigenvalue weighted by Crippen LogP contribution is 2.33. The predicted molar refractivity (Wildman–Crippen MR) is 147 cm³/mol. The molecule has 0 aliphatic carbocycles. The Balaban J connectivity index is 1.56. The number of hydrogen-bond acceptors (Lipinski definition) is 2. The summed E-state index contributed by atoms with van der Waals surface area (Å²) >= 11 is 0. The summed E-state index contributed by atoms with van der Waals surface area (Å²) in [6, 6.07) is 16.6. The van der Waals surface area contributed by atoms with Crippen LogP contribution in [-0.4, -0.2) is 0 Å². The molecule has 0 radical (unpaired) electrons. The molecule has 0 atom stereocenters. The van der Waals surface area contributed by atoms with Crippen LogP contribution >= 0.6 is 0 Å². The van der Waals surface area contributed by atoms with E-state index in [0.29, 0.717) is 0 Å². The lowest BCUT2D eigenvalue weighted by molar-refractivity contribution is 0.667. The minimum absolute atomic E-state index is 0.0941. The van der Waals surface area contributed by atoms with Crippen molar-refractivity contribution in [3.8, 4) is 0 Å². The minimum Gasteiger partial charge on any atom is -0.289 e. The molecule has 5 aromatic rings. The maximum atomic E-state index is 13.4. The maximum absolute atomic E-state index is 13.4. The molecule has 0 saturated carbocycles. The van der Waals surface area contributed by atoms with Crippen molar-refractivity contribution < 1.29 is 0 Å². The van der Waals surface area contributed by atoms with Gasteiger partial charge in [-0.15, -0.1) is 0 Å². The third-order valence-corrected chi connectivity index (χ3v) is 7.52. The van der Waals surface area contributed by atoms with Crippen LogP contribution in [0.1, 0.15) is 76.3 Å². The molecule has 0 spiro atoms. The van der Waals surface area contributed by atoms with Crippen molar-refractivity contribution in [1.29, 1.82) is 0 Å². The molecular weight excluding hydrogens is 416 g/mol. The van der Waals surface area contributed by atoms with E-state index in [2.05, 4.69) is 50.2 Å². The summed E-state index contributed by atoms with van der Waals surface area (Å²) in [5, 5.41) is 6.83. The first-order valence-corrected chi connectivity index (χ1v) is 13.2. The van der Waals surface area contributed by atoms with Gasteiger partial charge in [0.05, 0.1) is 0 Å². The molecule has 5 rings (SSSR count). The zero-order valence-electron chi connectivity index (χ0n) is 20.5. The number of hydrogen-bond donors (Lipinski definition) is 0. The van der Waals surface area contributed by atoms with Crippen LogP contribution in [0.2, 0.25) is 0 Å². The van der Waals surface area contributed by atoms with Crippen LogP contribution in [0.25, 0.3) is 43.1 Å². The van der Waals surface area contributed by atoms with E-state index in [-0.39, 0.29) is 10.9 Å². The molecule has 2 heteroatoms. The largest absolute Gasteiger partial charge is 0.289 e. The third kappa shape index (κ3) is 4.04. The third-order valence-electron chi connectivity index (χ3n) is 7.52. The Morgan fingerprint density at radius 3 is 1.26 bits per heavy atom. The second kappa shape index (κ2) is 9.70. The van der Waals surface area contributed by atoms with Crippen LogP contribution in [0.4, 0.5) is 0 Å². The Bertz CT molecular complexity index is 1440. The van der Waals surface area contributed by atoms with E-state index in [1.54, 1.807) is 0 Å². The number of aryl methyl sites for hydroxylation is 2. The van der Waals surface area contributed by atoms with Gasteiger partial charge in [-0.3, -0.25) is 9.59 Å². The summed E-state index contributed by atoms with van der Waals surface area (Å²) in [6.07, 6.45) is 11.8. The molecule has 34 heavy (non-hydrogen) atoms. The summed E-state index contributed by atoms with van der Waals surface area (Å²) in [4.78, 5) is 26.7. The molecule has 0 N–H and O–H groups in total. The minimum atomic E-state index is 0.0941. The fourth-order valence-corrected chi connectivity index (χ4v) is 5.56. The van der Waals surface area contributed by atoms with Gasteiger partial charge in [-0.25, -0.2) is 0 Å². The summed E-state index contributed by atoms with van der Waals surface area (Å²) < 4.78 is 0. The van der Waals surface area contributed by atoms with Gasteiger partial charge in [0.1, 0.15) is 0 Å². The average molecular weight is 451 g/mol. The topological polar surface area (TPSA) is 34.1 Å². The van der Waals surface area contributed by atoms with E-state index in [9.17, 15) is 9.59 Å². The molecular formula is C32H34O2. The van der Waals surface area contributed by atoms with E-state index in [1.165, 1.54) is 49.7 Å². The number of unbranched alkanes of at least 4 members (excludes halogenated alkanes) is 6. The molecule has 0 fully saturated rings. The standard InChI is InChI=1S/C32H34O2/c1-3-5-7-9-11-21-13-15-23-25-19-30-26(20-29(25)31(33)27(23)17-21)24-16-14-22(12-10-8-6-4-2)18-28(24)32(30)34/h13-20H,3-12H2,1-2H3. The van der Waals surface area contributed by atoms with Gasteiger partial charge in [0, 0.05) is 21.5 Å². The first-order valence-electron chi connectivity index (χ1n) is 13.2. The molecule has 0 aromatic heterocycles. The normalized spacial score (nSPS) is 12.1. The first kappa shape index (κ1) is 22.8. The highest BCUT2D eigenvalue weighted by Gasteiger charge is 2.17. The van der Waals surface area contributed by atoms with Gasteiger partial charge in [0.15, 0.2) is 10.9 Å². The summed E-state index contributed by atoms with van der Waals surface area (Å²) in [5.41, 5.74) is 2.65. The smallest absolute Gasteiger partial charge is 0.194 e. The van der Waals surface area contributed by atoms with Gasteiger partial charge in [-0.05, 0) is 82.6 Å². The molecule has 0 bridgehead atoms. The van der Waals surface area contributed by atoms with Gasteiger partial charge >= 0.3 is 0 Å².